The third-order valence-electron chi connectivity index (χ3n) is 2.15. The highest BCUT2D eigenvalue weighted by atomic mass is 35.5. The van der Waals surface area contributed by atoms with Crippen LogP contribution in [-0.4, -0.2) is 16.7 Å². The van der Waals surface area contributed by atoms with Crippen molar-refractivity contribution in [3.8, 4) is 0 Å². The molecule has 0 heterocycles. The van der Waals surface area contributed by atoms with Crippen molar-refractivity contribution < 1.29 is 14.7 Å². The van der Waals surface area contributed by atoms with Crippen molar-refractivity contribution in [1.82, 2.24) is 0 Å². The number of hydrogen-bond acceptors (Lipinski definition) is 3. The van der Waals surface area contributed by atoms with Crippen molar-refractivity contribution in [2.24, 2.45) is 0 Å². The first-order valence-electron chi connectivity index (χ1n) is 3.99. The molecule has 0 bridgehead atoms. The minimum atomic E-state index is -0.570. The van der Waals surface area contributed by atoms with Crippen LogP contribution >= 0.6 is 23.2 Å². The number of hydrogen-bond donors (Lipinski definition) is 1. The Balaban J connectivity index is 2.79. The summed E-state index contributed by atoms with van der Waals surface area (Å²) in [5.41, 5.74) is -0.0432. The maximum absolute atomic E-state index is 11.6. The summed E-state index contributed by atoms with van der Waals surface area (Å²) >= 11 is 11.5. The van der Waals surface area contributed by atoms with Gasteiger partial charge in [-0.2, -0.15) is 0 Å². The van der Waals surface area contributed by atoms with E-state index in [2.05, 4.69) is 0 Å². The first-order valence-corrected chi connectivity index (χ1v) is 4.74. The topological polar surface area (TPSA) is 54.4 Å². The average molecular weight is 243 g/mol. The van der Waals surface area contributed by atoms with E-state index < -0.39 is 11.6 Å². The lowest BCUT2D eigenvalue weighted by Crippen LogP contribution is -2.00. The van der Waals surface area contributed by atoms with Crippen LogP contribution in [0.25, 0.3) is 0 Å². The highest BCUT2D eigenvalue weighted by Gasteiger charge is 2.35. The predicted octanol–water partition coefficient (Wildman–Crippen LogP) is 2.81. The molecule has 0 saturated carbocycles. The molecule has 0 aliphatic heterocycles. The highest BCUT2D eigenvalue weighted by Crippen LogP contribution is 2.34. The zero-order chi connectivity index (χ0) is 11.2. The smallest absolute Gasteiger partial charge is 0.202 e. The molecule has 76 valence electrons. The zero-order valence-corrected chi connectivity index (χ0v) is 8.76. The summed E-state index contributed by atoms with van der Waals surface area (Å²) in [7, 11) is 0. The van der Waals surface area contributed by atoms with Gasteiger partial charge in [0.05, 0.1) is 16.8 Å². The Bertz CT molecular complexity index is 518. The molecule has 1 aliphatic carbocycles. The highest BCUT2D eigenvalue weighted by molar-refractivity contribution is 6.46. The average Bonchev–Trinajstić information content (AvgIpc) is 2.39. The Kier molecular flexibility index (Phi) is 2.29. The van der Waals surface area contributed by atoms with Crippen LogP contribution in [0.1, 0.15) is 20.7 Å². The molecule has 0 amide bonds. The van der Waals surface area contributed by atoms with Crippen molar-refractivity contribution >= 4 is 34.8 Å². The second-order valence-electron chi connectivity index (χ2n) is 3.01. The van der Waals surface area contributed by atoms with Gasteiger partial charge in [0, 0.05) is 10.6 Å². The number of Topliss-reactive ketones (excluding diaryl/α,β-unsaturated/α-hetero) is 2. The number of ketones is 2. The summed E-state index contributed by atoms with van der Waals surface area (Å²) in [6.07, 6.45) is 0.495. The number of aliphatic hydroxyl groups is 1. The number of halogens is 2. The van der Waals surface area contributed by atoms with Crippen LogP contribution < -0.4 is 0 Å². The number of aliphatic hydroxyl groups excluding tert-OH is 1. The first kappa shape index (κ1) is 10.2. The molecule has 1 N–H and O–H groups in total. The van der Waals surface area contributed by atoms with Gasteiger partial charge in [0.1, 0.15) is 5.57 Å². The van der Waals surface area contributed by atoms with Crippen LogP contribution in [0.4, 0.5) is 0 Å². The summed E-state index contributed by atoms with van der Waals surface area (Å²) < 4.78 is 0. The van der Waals surface area contributed by atoms with Gasteiger partial charge in [-0.15, -0.1) is 0 Å². The molecule has 3 nitrogen and oxygen atoms in total. The third kappa shape index (κ3) is 1.35. The first-order chi connectivity index (χ1) is 7.06. The van der Waals surface area contributed by atoms with Gasteiger partial charge < -0.3 is 5.11 Å². The largest absolute Gasteiger partial charge is 0.515 e. The molecule has 0 unspecified atom stereocenters. The van der Waals surface area contributed by atoms with Gasteiger partial charge in [0.15, 0.2) is 0 Å². The van der Waals surface area contributed by atoms with Crippen LogP contribution in [0.3, 0.4) is 0 Å². The van der Waals surface area contributed by atoms with Crippen molar-refractivity contribution in [3.05, 3.63) is 45.1 Å². The summed E-state index contributed by atoms with van der Waals surface area (Å²) in [5, 5.41) is 9.15. The Morgan fingerprint density at radius 3 is 2.40 bits per heavy atom. The molecule has 2 rings (SSSR count). The standard InChI is InChI=1S/C10H4Cl2O3/c11-4-1-5-8(7(12)2-4)10(15)6(3-13)9(5)14/h1-3,13H/b6-3-. The Morgan fingerprint density at radius 1 is 1.13 bits per heavy atom. The maximum atomic E-state index is 11.6. The minimum absolute atomic E-state index is 0.103. The van der Waals surface area contributed by atoms with Crippen molar-refractivity contribution in [1.29, 1.82) is 0 Å². The normalized spacial score (nSPS) is 17.3. The van der Waals surface area contributed by atoms with Crippen LogP contribution in [0.5, 0.6) is 0 Å². The lowest BCUT2D eigenvalue weighted by Gasteiger charge is -1.99. The second-order valence-corrected chi connectivity index (χ2v) is 3.85. The molecule has 0 atom stereocenters. The molecule has 5 heteroatoms. The fourth-order valence-corrected chi connectivity index (χ4v) is 2.06. The SMILES string of the molecule is O=C1/C(=C/O)C(=O)c2c(Cl)cc(Cl)cc21. The molecule has 0 radical (unpaired) electrons. The van der Waals surface area contributed by atoms with Crippen LogP contribution in [0, 0.1) is 0 Å². The molecule has 0 spiro atoms. The summed E-state index contributed by atoms with van der Waals surface area (Å²) in [5.74, 6) is -1.12. The van der Waals surface area contributed by atoms with Crippen molar-refractivity contribution in [2.75, 3.05) is 0 Å². The molecular weight excluding hydrogens is 239 g/mol. The van der Waals surface area contributed by atoms with Crippen molar-refractivity contribution in [3.63, 3.8) is 0 Å². The number of benzene rings is 1. The minimum Gasteiger partial charge on any atom is -0.515 e. The molecular formula is C10H4Cl2O3. The van der Waals surface area contributed by atoms with E-state index in [1.807, 2.05) is 0 Å². The third-order valence-corrected chi connectivity index (χ3v) is 2.66. The fraction of sp³-hybridized carbons (Fsp3) is 0. The lowest BCUT2D eigenvalue weighted by atomic mass is 10.1. The number of carbonyl (C=O) groups is 2. The predicted molar refractivity (Wildman–Crippen MR) is 55.8 cm³/mol. The van der Waals surface area contributed by atoms with E-state index in [-0.39, 0.29) is 26.7 Å². The maximum Gasteiger partial charge on any atom is 0.202 e. The van der Waals surface area contributed by atoms with Gasteiger partial charge in [-0.1, -0.05) is 23.2 Å². The number of fused-ring (bicyclic) bond motifs is 1. The van der Waals surface area contributed by atoms with Gasteiger partial charge in [-0.05, 0) is 12.1 Å². The lowest BCUT2D eigenvalue weighted by molar-refractivity contribution is 0.0984. The van der Waals surface area contributed by atoms with E-state index >= 15 is 0 Å². The molecule has 1 aliphatic rings. The fourth-order valence-electron chi connectivity index (χ4n) is 1.48. The van der Waals surface area contributed by atoms with E-state index in [1.165, 1.54) is 12.1 Å². The summed E-state index contributed by atoms with van der Waals surface area (Å²) in [6, 6.07) is 2.74. The van der Waals surface area contributed by atoms with E-state index in [9.17, 15) is 9.59 Å². The molecule has 1 aromatic rings. The molecule has 15 heavy (non-hydrogen) atoms. The van der Waals surface area contributed by atoms with Crippen LogP contribution in [-0.2, 0) is 0 Å². The Hall–Kier alpha value is -1.32. The van der Waals surface area contributed by atoms with Gasteiger partial charge in [0.2, 0.25) is 11.6 Å². The molecule has 0 aromatic heterocycles. The summed E-state index contributed by atoms with van der Waals surface area (Å²) in [6.45, 7) is 0. The quantitative estimate of drug-likeness (QED) is 0.433. The van der Waals surface area contributed by atoms with E-state index in [0.717, 1.165) is 0 Å². The number of rotatable bonds is 0. The monoisotopic (exact) mass is 242 g/mol. The van der Waals surface area contributed by atoms with Gasteiger partial charge in [0.25, 0.3) is 0 Å². The van der Waals surface area contributed by atoms with Crippen LogP contribution in [0.2, 0.25) is 10.0 Å². The second kappa shape index (κ2) is 3.36. The van der Waals surface area contributed by atoms with Gasteiger partial charge in [-0.3, -0.25) is 9.59 Å². The van der Waals surface area contributed by atoms with Crippen molar-refractivity contribution in [2.45, 2.75) is 0 Å². The van der Waals surface area contributed by atoms with E-state index in [4.69, 9.17) is 28.3 Å². The number of allylic oxidation sites excluding steroid dienone is 1. The molecule has 0 saturated heterocycles. The van der Waals surface area contributed by atoms with Gasteiger partial charge >= 0.3 is 0 Å². The molecule has 1 aromatic carbocycles. The van der Waals surface area contributed by atoms with Crippen LogP contribution in [0.15, 0.2) is 24.0 Å². The van der Waals surface area contributed by atoms with E-state index in [1.54, 1.807) is 0 Å². The summed E-state index contributed by atoms with van der Waals surface area (Å²) in [4.78, 5) is 23.2. The zero-order valence-electron chi connectivity index (χ0n) is 7.25. The number of carbonyl (C=O) groups excluding carboxylic acids is 2. The molecule has 0 fully saturated rings. The van der Waals surface area contributed by atoms with Gasteiger partial charge in [-0.25, -0.2) is 0 Å². The Morgan fingerprint density at radius 2 is 1.80 bits per heavy atom. The van der Waals surface area contributed by atoms with E-state index in [0.29, 0.717) is 6.26 Å². The Labute approximate surface area is 94.9 Å².